The molecule has 5 heteroatoms. The molecule has 0 aliphatic heterocycles. The lowest BCUT2D eigenvalue weighted by Crippen LogP contribution is -2.12. The van der Waals surface area contributed by atoms with Crippen molar-refractivity contribution >= 4 is 9.84 Å². The molecule has 1 aliphatic carbocycles. The van der Waals surface area contributed by atoms with Gasteiger partial charge in [-0.2, -0.15) is 0 Å². The molecule has 0 amide bonds. The Labute approximate surface area is 132 Å². The molecule has 22 heavy (non-hydrogen) atoms. The van der Waals surface area contributed by atoms with Gasteiger partial charge in [-0.05, 0) is 49.3 Å². The van der Waals surface area contributed by atoms with Crippen molar-refractivity contribution in [3.05, 3.63) is 42.0 Å². The van der Waals surface area contributed by atoms with Crippen molar-refractivity contribution in [3.8, 4) is 5.75 Å². The second kappa shape index (κ2) is 8.34. The predicted molar refractivity (Wildman–Crippen MR) is 87.9 cm³/mol. The zero-order chi connectivity index (χ0) is 15.8. The minimum Gasteiger partial charge on any atom is -0.493 e. The largest absolute Gasteiger partial charge is 0.493 e. The van der Waals surface area contributed by atoms with E-state index in [0.29, 0.717) is 18.8 Å². The van der Waals surface area contributed by atoms with Gasteiger partial charge in [0.15, 0.2) is 9.84 Å². The van der Waals surface area contributed by atoms with E-state index >= 15 is 0 Å². The summed E-state index contributed by atoms with van der Waals surface area (Å²) in [4.78, 5) is 0. The highest BCUT2D eigenvalue weighted by molar-refractivity contribution is 7.91. The molecule has 0 spiro atoms. The smallest absolute Gasteiger partial charge is 0.150 e. The highest BCUT2D eigenvalue weighted by atomic mass is 32.2. The van der Waals surface area contributed by atoms with Crippen LogP contribution in [-0.4, -0.2) is 38.2 Å². The van der Waals surface area contributed by atoms with E-state index < -0.39 is 9.84 Å². The summed E-state index contributed by atoms with van der Waals surface area (Å²) in [6.07, 6.45) is 6.73. The third-order valence-electron chi connectivity index (χ3n) is 3.65. The molecule has 1 aliphatic rings. The SMILES string of the molecule is O=S(=O)(CC/C=C/CO)CCc1cccc(OCC2CC2)c1. The molecule has 1 saturated carbocycles. The summed E-state index contributed by atoms with van der Waals surface area (Å²) in [7, 11) is -3.06. The molecule has 1 N–H and O–H groups in total. The monoisotopic (exact) mass is 324 g/mol. The van der Waals surface area contributed by atoms with Crippen LogP contribution < -0.4 is 4.74 Å². The highest BCUT2D eigenvalue weighted by Gasteiger charge is 2.21. The maximum Gasteiger partial charge on any atom is 0.150 e. The van der Waals surface area contributed by atoms with Crippen LogP contribution in [0.15, 0.2) is 36.4 Å². The second-order valence-electron chi connectivity index (χ2n) is 5.75. The normalized spacial score (nSPS) is 15.3. The van der Waals surface area contributed by atoms with Gasteiger partial charge in [-0.1, -0.05) is 24.3 Å². The molecule has 4 nitrogen and oxygen atoms in total. The van der Waals surface area contributed by atoms with Crippen LogP contribution in [0.2, 0.25) is 0 Å². The molecule has 0 radical (unpaired) electrons. The van der Waals surface area contributed by atoms with Crippen molar-refractivity contribution in [1.82, 2.24) is 0 Å². The first-order valence-electron chi connectivity index (χ1n) is 7.77. The van der Waals surface area contributed by atoms with Crippen LogP contribution >= 0.6 is 0 Å². The first-order valence-corrected chi connectivity index (χ1v) is 9.59. The van der Waals surface area contributed by atoms with Crippen LogP contribution in [0.5, 0.6) is 5.75 Å². The zero-order valence-corrected chi connectivity index (χ0v) is 13.6. The fourth-order valence-electron chi connectivity index (χ4n) is 2.10. The van der Waals surface area contributed by atoms with Gasteiger partial charge in [0, 0.05) is 0 Å². The molecule has 0 heterocycles. The predicted octanol–water partition coefficient (Wildman–Crippen LogP) is 2.37. The molecule has 122 valence electrons. The molecule has 1 aromatic rings. The van der Waals surface area contributed by atoms with E-state index in [-0.39, 0.29) is 18.1 Å². The minimum atomic E-state index is -3.06. The van der Waals surface area contributed by atoms with E-state index in [0.717, 1.165) is 17.9 Å². The molecule has 0 saturated heterocycles. The topological polar surface area (TPSA) is 63.6 Å². The summed E-state index contributed by atoms with van der Waals surface area (Å²) < 4.78 is 29.6. The molecule has 0 aromatic heterocycles. The van der Waals surface area contributed by atoms with Crippen molar-refractivity contribution < 1.29 is 18.3 Å². The maximum atomic E-state index is 11.9. The summed E-state index contributed by atoms with van der Waals surface area (Å²) >= 11 is 0. The number of rotatable bonds is 10. The number of allylic oxidation sites excluding steroid dienone is 1. The van der Waals surface area contributed by atoms with Crippen molar-refractivity contribution in [2.45, 2.75) is 25.7 Å². The quantitative estimate of drug-likeness (QED) is 0.671. The Morgan fingerprint density at radius 3 is 2.77 bits per heavy atom. The van der Waals surface area contributed by atoms with Gasteiger partial charge in [0.25, 0.3) is 0 Å². The van der Waals surface area contributed by atoms with Crippen LogP contribution in [-0.2, 0) is 16.3 Å². The zero-order valence-electron chi connectivity index (χ0n) is 12.8. The summed E-state index contributed by atoms with van der Waals surface area (Å²) in [5.41, 5.74) is 0.989. The number of aliphatic hydroxyl groups is 1. The Balaban J connectivity index is 1.79. The third kappa shape index (κ3) is 6.62. The van der Waals surface area contributed by atoms with Crippen LogP contribution in [0, 0.1) is 5.92 Å². The van der Waals surface area contributed by atoms with Crippen molar-refractivity contribution in [3.63, 3.8) is 0 Å². The third-order valence-corrected chi connectivity index (χ3v) is 5.33. The number of benzene rings is 1. The fourth-order valence-corrected chi connectivity index (χ4v) is 3.35. The van der Waals surface area contributed by atoms with Crippen LogP contribution in [0.25, 0.3) is 0 Å². The summed E-state index contributed by atoms with van der Waals surface area (Å²) in [5.74, 6) is 1.80. The molecule has 1 aromatic carbocycles. The second-order valence-corrected chi connectivity index (χ2v) is 8.05. The van der Waals surface area contributed by atoms with E-state index in [9.17, 15) is 8.42 Å². The Bertz CT molecular complexity index is 588. The Morgan fingerprint density at radius 1 is 1.23 bits per heavy atom. The first kappa shape index (κ1) is 17.0. The van der Waals surface area contributed by atoms with Crippen LogP contribution in [0.4, 0.5) is 0 Å². The van der Waals surface area contributed by atoms with Crippen LogP contribution in [0.1, 0.15) is 24.8 Å². The number of aryl methyl sites for hydroxylation is 1. The van der Waals surface area contributed by atoms with E-state index in [4.69, 9.17) is 9.84 Å². The number of sulfone groups is 1. The number of hydrogen-bond acceptors (Lipinski definition) is 4. The van der Waals surface area contributed by atoms with Gasteiger partial charge in [-0.3, -0.25) is 0 Å². The fraction of sp³-hybridized carbons (Fsp3) is 0.529. The van der Waals surface area contributed by atoms with Gasteiger partial charge >= 0.3 is 0 Å². The van der Waals surface area contributed by atoms with Crippen molar-refractivity contribution in [2.75, 3.05) is 24.7 Å². The lowest BCUT2D eigenvalue weighted by Gasteiger charge is -2.08. The lowest BCUT2D eigenvalue weighted by molar-refractivity contribution is 0.299. The molecule has 0 atom stereocenters. The van der Waals surface area contributed by atoms with Gasteiger partial charge < -0.3 is 9.84 Å². The molecule has 0 unspecified atom stereocenters. The molecule has 2 rings (SSSR count). The maximum absolute atomic E-state index is 11.9. The van der Waals surface area contributed by atoms with Crippen molar-refractivity contribution in [1.29, 1.82) is 0 Å². The van der Waals surface area contributed by atoms with Gasteiger partial charge in [0.2, 0.25) is 0 Å². The number of ether oxygens (including phenoxy) is 1. The molecular weight excluding hydrogens is 300 g/mol. The summed E-state index contributed by atoms with van der Waals surface area (Å²) in [6.45, 7) is 0.715. The Morgan fingerprint density at radius 2 is 2.05 bits per heavy atom. The average molecular weight is 324 g/mol. The van der Waals surface area contributed by atoms with Gasteiger partial charge in [-0.15, -0.1) is 0 Å². The highest BCUT2D eigenvalue weighted by Crippen LogP contribution is 2.29. The average Bonchev–Trinajstić information content (AvgIpc) is 3.33. The van der Waals surface area contributed by atoms with Gasteiger partial charge in [-0.25, -0.2) is 8.42 Å². The van der Waals surface area contributed by atoms with Gasteiger partial charge in [0.1, 0.15) is 5.75 Å². The van der Waals surface area contributed by atoms with E-state index in [1.54, 1.807) is 12.2 Å². The van der Waals surface area contributed by atoms with Crippen LogP contribution in [0.3, 0.4) is 0 Å². The molecular formula is C17H24O4S. The standard InChI is InChI=1S/C17H24O4S/c18-10-2-1-3-11-22(19,20)12-9-15-5-4-6-17(13-15)21-14-16-7-8-16/h1-2,4-6,13,16,18H,3,7-12,14H2/b2-1+. The number of hydrogen-bond donors (Lipinski definition) is 1. The van der Waals surface area contributed by atoms with E-state index in [1.165, 1.54) is 12.8 Å². The molecule has 0 bridgehead atoms. The first-order chi connectivity index (χ1) is 10.6. The van der Waals surface area contributed by atoms with E-state index in [2.05, 4.69) is 0 Å². The lowest BCUT2D eigenvalue weighted by atomic mass is 10.2. The number of aliphatic hydroxyl groups excluding tert-OH is 1. The van der Waals surface area contributed by atoms with Crippen molar-refractivity contribution in [2.24, 2.45) is 5.92 Å². The Kier molecular flexibility index (Phi) is 6.46. The summed E-state index contributed by atoms with van der Waals surface area (Å²) in [5, 5.41) is 8.61. The molecule has 1 fully saturated rings. The van der Waals surface area contributed by atoms with E-state index in [1.807, 2.05) is 24.3 Å². The Hall–Kier alpha value is -1.33. The minimum absolute atomic E-state index is 0.0479. The summed E-state index contributed by atoms with van der Waals surface area (Å²) in [6, 6.07) is 7.70. The van der Waals surface area contributed by atoms with Gasteiger partial charge in [0.05, 0.1) is 24.7 Å².